The second kappa shape index (κ2) is 8.48. The van der Waals surface area contributed by atoms with E-state index in [0.29, 0.717) is 60.8 Å². The standard InChI is InChI=1S/C21H22Cl2N2O4/c1-27-18-4-2-3-17(24-18)25-13-21(8-7-19(25)26,12-20-28-9-10-29-20)14-5-6-15(22)16(23)11-14/h2-6,11,20H,7-10,12-13H2,1H3/t21-/m1/s1. The van der Waals surface area contributed by atoms with E-state index in [1.807, 2.05) is 24.3 Å². The van der Waals surface area contributed by atoms with Gasteiger partial charge in [-0.1, -0.05) is 35.3 Å². The fourth-order valence-corrected chi connectivity index (χ4v) is 4.32. The molecule has 154 valence electrons. The van der Waals surface area contributed by atoms with Gasteiger partial charge >= 0.3 is 0 Å². The third-order valence-electron chi connectivity index (χ3n) is 5.55. The van der Waals surface area contributed by atoms with Crippen LogP contribution in [-0.4, -0.2) is 44.0 Å². The van der Waals surface area contributed by atoms with Crippen LogP contribution in [0.4, 0.5) is 5.82 Å². The molecule has 29 heavy (non-hydrogen) atoms. The van der Waals surface area contributed by atoms with E-state index in [2.05, 4.69) is 4.98 Å². The second-order valence-corrected chi connectivity index (χ2v) is 8.12. The molecule has 6 nitrogen and oxygen atoms in total. The summed E-state index contributed by atoms with van der Waals surface area (Å²) in [7, 11) is 1.55. The van der Waals surface area contributed by atoms with Crippen LogP contribution in [0.1, 0.15) is 24.8 Å². The van der Waals surface area contributed by atoms with E-state index in [9.17, 15) is 4.79 Å². The Labute approximate surface area is 179 Å². The van der Waals surface area contributed by atoms with Gasteiger partial charge in [-0.15, -0.1) is 0 Å². The van der Waals surface area contributed by atoms with Crippen molar-refractivity contribution in [1.82, 2.24) is 4.98 Å². The molecule has 0 saturated carbocycles. The molecule has 0 radical (unpaired) electrons. The van der Waals surface area contributed by atoms with Gasteiger partial charge in [-0.05, 0) is 30.2 Å². The Balaban J connectivity index is 1.72. The maximum absolute atomic E-state index is 12.8. The summed E-state index contributed by atoms with van der Waals surface area (Å²) in [4.78, 5) is 19.0. The lowest BCUT2D eigenvalue weighted by Crippen LogP contribution is -2.51. The number of benzene rings is 1. The van der Waals surface area contributed by atoms with Crippen LogP contribution >= 0.6 is 23.2 Å². The molecule has 0 bridgehead atoms. The first-order valence-electron chi connectivity index (χ1n) is 9.51. The molecule has 2 saturated heterocycles. The van der Waals surface area contributed by atoms with E-state index in [-0.39, 0.29) is 12.2 Å². The monoisotopic (exact) mass is 436 g/mol. The predicted octanol–water partition coefficient (Wildman–Crippen LogP) is 4.22. The zero-order chi connectivity index (χ0) is 20.4. The maximum Gasteiger partial charge on any atom is 0.228 e. The molecule has 2 aromatic rings. The van der Waals surface area contributed by atoms with Crippen LogP contribution in [0.25, 0.3) is 0 Å². The average Bonchev–Trinajstić information content (AvgIpc) is 3.24. The highest BCUT2D eigenvalue weighted by Crippen LogP contribution is 2.42. The zero-order valence-electron chi connectivity index (χ0n) is 16.1. The Morgan fingerprint density at radius 2 is 2.00 bits per heavy atom. The Hall–Kier alpha value is -1.86. The summed E-state index contributed by atoms with van der Waals surface area (Å²) in [5.74, 6) is 1.05. The number of hydrogen-bond donors (Lipinski definition) is 0. The van der Waals surface area contributed by atoms with Crippen LogP contribution in [0.15, 0.2) is 36.4 Å². The maximum atomic E-state index is 12.8. The predicted molar refractivity (Wildman–Crippen MR) is 111 cm³/mol. The van der Waals surface area contributed by atoms with E-state index < -0.39 is 5.41 Å². The van der Waals surface area contributed by atoms with Gasteiger partial charge in [0.05, 0.1) is 30.4 Å². The largest absolute Gasteiger partial charge is 0.481 e. The highest BCUT2D eigenvalue weighted by atomic mass is 35.5. The number of methoxy groups -OCH3 is 1. The lowest BCUT2D eigenvalue weighted by molar-refractivity contribution is -0.121. The minimum absolute atomic E-state index is 0.0229. The Morgan fingerprint density at radius 1 is 1.21 bits per heavy atom. The van der Waals surface area contributed by atoms with Gasteiger partial charge in [0, 0.05) is 30.9 Å². The first kappa shape index (κ1) is 20.4. The number of amides is 1. The van der Waals surface area contributed by atoms with E-state index in [1.165, 1.54) is 0 Å². The molecule has 2 aliphatic heterocycles. The molecule has 0 aliphatic carbocycles. The number of hydrogen-bond acceptors (Lipinski definition) is 5. The molecule has 0 unspecified atom stereocenters. The van der Waals surface area contributed by atoms with Gasteiger partial charge < -0.3 is 14.2 Å². The zero-order valence-corrected chi connectivity index (χ0v) is 17.6. The minimum atomic E-state index is -0.401. The number of anilines is 1. The van der Waals surface area contributed by atoms with Crippen LogP contribution in [0.2, 0.25) is 10.0 Å². The summed E-state index contributed by atoms with van der Waals surface area (Å²) >= 11 is 12.5. The van der Waals surface area contributed by atoms with Gasteiger partial charge in [0.2, 0.25) is 11.8 Å². The molecule has 1 aromatic heterocycles. The van der Waals surface area contributed by atoms with Gasteiger partial charge in [0.25, 0.3) is 0 Å². The fourth-order valence-electron chi connectivity index (χ4n) is 4.02. The summed E-state index contributed by atoms with van der Waals surface area (Å²) in [6.45, 7) is 1.58. The third kappa shape index (κ3) is 4.21. The minimum Gasteiger partial charge on any atom is -0.481 e. The Kier molecular flexibility index (Phi) is 5.97. The molecule has 2 fully saturated rings. The number of ether oxygens (including phenoxy) is 3. The number of carbonyl (C=O) groups excluding carboxylic acids is 1. The molecule has 8 heteroatoms. The third-order valence-corrected chi connectivity index (χ3v) is 6.29. The lowest BCUT2D eigenvalue weighted by Gasteiger charge is -2.43. The Bertz CT molecular complexity index is 904. The van der Waals surface area contributed by atoms with Crippen LogP contribution in [0.3, 0.4) is 0 Å². The normalized spacial score (nSPS) is 22.9. The molecule has 1 aromatic carbocycles. The lowest BCUT2D eigenvalue weighted by atomic mass is 9.71. The molecular formula is C21H22Cl2N2O4. The molecular weight excluding hydrogens is 415 g/mol. The van der Waals surface area contributed by atoms with Crippen molar-refractivity contribution in [2.24, 2.45) is 0 Å². The number of rotatable bonds is 5. The molecule has 3 heterocycles. The average molecular weight is 437 g/mol. The smallest absolute Gasteiger partial charge is 0.228 e. The van der Waals surface area contributed by atoms with Crippen LogP contribution in [0, 0.1) is 0 Å². The van der Waals surface area contributed by atoms with E-state index >= 15 is 0 Å². The molecule has 4 rings (SSSR count). The van der Waals surface area contributed by atoms with Crippen molar-refractivity contribution in [3.05, 3.63) is 52.0 Å². The summed E-state index contributed by atoms with van der Waals surface area (Å²) in [6.07, 6.45) is 1.33. The number of aromatic nitrogens is 1. The van der Waals surface area contributed by atoms with Crippen molar-refractivity contribution in [1.29, 1.82) is 0 Å². The SMILES string of the molecule is COc1cccc(N2C[C@@](CC3OCCO3)(c3ccc(Cl)c(Cl)c3)CCC2=O)n1. The quantitative estimate of drug-likeness (QED) is 0.701. The summed E-state index contributed by atoms with van der Waals surface area (Å²) in [5, 5.41) is 0.983. The molecule has 0 N–H and O–H groups in total. The number of pyridine rings is 1. The van der Waals surface area contributed by atoms with Gasteiger partial charge in [-0.25, -0.2) is 0 Å². The number of halogens is 2. The first-order valence-corrected chi connectivity index (χ1v) is 10.3. The van der Waals surface area contributed by atoms with Crippen molar-refractivity contribution in [2.45, 2.75) is 31.0 Å². The van der Waals surface area contributed by atoms with Crippen molar-refractivity contribution in [3.63, 3.8) is 0 Å². The van der Waals surface area contributed by atoms with Crippen LogP contribution < -0.4 is 9.64 Å². The van der Waals surface area contributed by atoms with Gasteiger partial charge in [0.1, 0.15) is 5.82 Å². The first-order chi connectivity index (χ1) is 14.0. The topological polar surface area (TPSA) is 60.9 Å². The summed E-state index contributed by atoms with van der Waals surface area (Å²) < 4.78 is 16.7. The van der Waals surface area contributed by atoms with E-state index in [4.69, 9.17) is 37.4 Å². The van der Waals surface area contributed by atoms with Crippen molar-refractivity contribution in [2.75, 3.05) is 31.8 Å². The van der Waals surface area contributed by atoms with Crippen LogP contribution in [0.5, 0.6) is 5.88 Å². The van der Waals surface area contributed by atoms with Crippen molar-refractivity contribution in [3.8, 4) is 5.88 Å². The number of carbonyl (C=O) groups is 1. The fraction of sp³-hybridized carbons (Fsp3) is 0.429. The number of nitrogens with zero attached hydrogens (tertiary/aromatic N) is 2. The van der Waals surface area contributed by atoms with Gasteiger partial charge in [0.15, 0.2) is 6.29 Å². The molecule has 0 spiro atoms. The number of piperidine rings is 1. The Morgan fingerprint density at radius 3 is 2.72 bits per heavy atom. The van der Waals surface area contributed by atoms with Crippen molar-refractivity contribution >= 4 is 34.9 Å². The van der Waals surface area contributed by atoms with E-state index in [0.717, 1.165) is 5.56 Å². The molecule has 1 amide bonds. The summed E-state index contributed by atoms with van der Waals surface area (Å²) in [5.41, 5.74) is 0.605. The highest BCUT2D eigenvalue weighted by molar-refractivity contribution is 6.42. The van der Waals surface area contributed by atoms with Crippen molar-refractivity contribution < 1.29 is 19.0 Å². The van der Waals surface area contributed by atoms with Gasteiger partial charge in [-0.3, -0.25) is 9.69 Å². The molecule has 1 atom stereocenters. The summed E-state index contributed by atoms with van der Waals surface area (Å²) in [6, 6.07) is 11.0. The van der Waals surface area contributed by atoms with Crippen LogP contribution in [-0.2, 0) is 19.7 Å². The van der Waals surface area contributed by atoms with E-state index in [1.54, 1.807) is 24.1 Å². The second-order valence-electron chi connectivity index (χ2n) is 7.30. The van der Waals surface area contributed by atoms with Gasteiger partial charge in [-0.2, -0.15) is 4.98 Å². The molecule has 2 aliphatic rings. The highest BCUT2D eigenvalue weighted by Gasteiger charge is 2.44.